The maximum Gasteiger partial charge on any atom is 0.428 e. The Morgan fingerprint density at radius 3 is 1.93 bits per heavy atom. The van der Waals surface area contributed by atoms with Crippen LogP contribution in [-0.2, 0) is 0 Å². The molecule has 1 aliphatic rings. The summed E-state index contributed by atoms with van der Waals surface area (Å²) >= 11 is 0. The number of rotatable bonds is 1. The SMILES string of the molecule is CC(C)C=[N+]1C(=O)c2ccccc2C1=O. The number of carbonyl (C=O) groups excluding carboxylic acids is 2. The Kier molecular flexibility index (Phi) is 2.23. The van der Waals surface area contributed by atoms with Crippen LogP contribution >= 0.6 is 0 Å². The summed E-state index contributed by atoms with van der Waals surface area (Å²) in [5.41, 5.74) is 0.999. The Hall–Kier alpha value is -1.77. The number of hydrogen-bond donors (Lipinski definition) is 0. The van der Waals surface area contributed by atoms with Crippen LogP contribution in [0.15, 0.2) is 24.3 Å². The minimum atomic E-state index is -0.218. The van der Waals surface area contributed by atoms with Gasteiger partial charge in [0.2, 0.25) is 0 Å². The average molecular weight is 202 g/mol. The van der Waals surface area contributed by atoms with Crippen LogP contribution in [0, 0.1) is 5.92 Å². The highest BCUT2D eigenvalue weighted by Crippen LogP contribution is 2.18. The molecule has 76 valence electrons. The lowest BCUT2D eigenvalue weighted by molar-refractivity contribution is -0.320. The first-order valence-corrected chi connectivity index (χ1v) is 4.93. The van der Waals surface area contributed by atoms with Crippen molar-refractivity contribution in [3.63, 3.8) is 0 Å². The van der Waals surface area contributed by atoms with E-state index < -0.39 is 0 Å². The molecule has 2 amide bonds. The maximum absolute atomic E-state index is 11.8. The van der Waals surface area contributed by atoms with Crippen molar-refractivity contribution in [2.75, 3.05) is 0 Å². The molecule has 1 aliphatic heterocycles. The second-order valence-corrected chi connectivity index (χ2v) is 3.92. The van der Waals surface area contributed by atoms with Crippen molar-refractivity contribution in [2.24, 2.45) is 5.92 Å². The number of carbonyl (C=O) groups is 2. The van der Waals surface area contributed by atoms with Gasteiger partial charge in [0.25, 0.3) is 0 Å². The van der Waals surface area contributed by atoms with E-state index in [0.717, 1.165) is 0 Å². The average Bonchev–Trinajstić information content (AvgIpc) is 2.44. The summed E-state index contributed by atoms with van der Waals surface area (Å²) in [5.74, 6) is -0.263. The van der Waals surface area contributed by atoms with Gasteiger partial charge < -0.3 is 0 Å². The number of imide groups is 1. The zero-order valence-electron chi connectivity index (χ0n) is 8.73. The lowest BCUT2D eigenvalue weighted by Gasteiger charge is -1.90. The van der Waals surface area contributed by atoms with Gasteiger partial charge in [-0.15, -0.1) is 0 Å². The Morgan fingerprint density at radius 2 is 1.53 bits per heavy atom. The third-order valence-corrected chi connectivity index (χ3v) is 2.27. The smallest absolute Gasteiger partial charge is 0.214 e. The molecule has 0 spiro atoms. The summed E-state index contributed by atoms with van der Waals surface area (Å²) < 4.78 is 1.20. The van der Waals surface area contributed by atoms with Crippen LogP contribution in [-0.4, -0.2) is 22.6 Å². The summed E-state index contributed by atoms with van der Waals surface area (Å²) in [4.78, 5) is 23.6. The van der Waals surface area contributed by atoms with Crippen LogP contribution < -0.4 is 0 Å². The third kappa shape index (κ3) is 1.50. The quantitative estimate of drug-likeness (QED) is 0.513. The van der Waals surface area contributed by atoms with Gasteiger partial charge in [0.15, 0.2) is 6.21 Å². The highest BCUT2D eigenvalue weighted by atomic mass is 16.2. The van der Waals surface area contributed by atoms with Gasteiger partial charge in [0.1, 0.15) is 11.1 Å². The van der Waals surface area contributed by atoms with E-state index in [1.54, 1.807) is 30.5 Å². The van der Waals surface area contributed by atoms with Crippen LogP contribution in [0.4, 0.5) is 0 Å². The lowest BCUT2D eigenvalue weighted by Crippen LogP contribution is -2.21. The van der Waals surface area contributed by atoms with E-state index in [1.165, 1.54) is 4.58 Å². The first-order valence-electron chi connectivity index (χ1n) is 4.93. The zero-order valence-corrected chi connectivity index (χ0v) is 8.73. The zero-order chi connectivity index (χ0) is 11.0. The molecule has 0 N–H and O–H groups in total. The van der Waals surface area contributed by atoms with Crippen molar-refractivity contribution in [3.8, 4) is 0 Å². The van der Waals surface area contributed by atoms with Gasteiger partial charge in [-0.25, -0.2) is 9.59 Å². The van der Waals surface area contributed by atoms with E-state index in [4.69, 9.17) is 0 Å². The van der Waals surface area contributed by atoms with Gasteiger partial charge in [-0.3, -0.25) is 0 Å². The largest absolute Gasteiger partial charge is 0.428 e. The van der Waals surface area contributed by atoms with Crippen molar-refractivity contribution < 1.29 is 14.2 Å². The van der Waals surface area contributed by atoms with Crippen molar-refractivity contribution in [1.82, 2.24) is 0 Å². The van der Waals surface area contributed by atoms with Crippen molar-refractivity contribution in [1.29, 1.82) is 0 Å². The molecule has 1 aromatic rings. The van der Waals surface area contributed by atoms with E-state index in [0.29, 0.717) is 11.1 Å². The van der Waals surface area contributed by atoms with Gasteiger partial charge in [-0.05, 0) is 12.1 Å². The fourth-order valence-corrected chi connectivity index (χ4v) is 1.64. The van der Waals surface area contributed by atoms with Gasteiger partial charge in [-0.2, -0.15) is 0 Å². The van der Waals surface area contributed by atoms with Gasteiger partial charge >= 0.3 is 11.8 Å². The number of nitrogens with zero attached hydrogens (tertiary/aromatic N) is 1. The Bertz CT molecular complexity index is 435. The molecule has 3 nitrogen and oxygen atoms in total. The first-order chi connectivity index (χ1) is 7.11. The molecule has 0 atom stereocenters. The molecule has 0 aromatic heterocycles. The molecule has 0 fully saturated rings. The summed E-state index contributed by atoms with van der Waals surface area (Å²) in [6, 6.07) is 6.90. The van der Waals surface area contributed by atoms with Crippen molar-refractivity contribution in [3.05, 3.63) is 35.4 Å². The molecule has 0 unspecified atom stereocenters. The second kappa shape index (κ2) is 3.42. The summed E-state index contributed by atoms with van der Waals surface area (Å²) in [6.45, 7) is 3.87. The molecule has 2 rings (SSSR count). The maximum atomic E-state index is 11.8. The van der Waals surface area contributed by atoms with Crippen LogP contribution in [0.25, 0.3) is 0 Å². The highest BCUT2D eigenvalue weighted by Gasteiger charge is 2.41. The molecular formula is C12H12NO2+. The molecular weight excluding hydrogens is 190 g/mol. The molecule has 1 heterocycles. The predicted octanol–water partition coefficient (Wildman–Crippen LogP) is 1.72. The Balaban J connectivity index is 2.55. The molecule has 15 heavy (non-hydrogen) atoms. The summed E-state index contributed by atoms with van der Waals surface area (Å²) in [7, 11) is 0. The summed E-state index contributed by atoms with van der Waals surface area (Å²) in [5, 5.41) is 0. The Morgan fingerprint density at radius 1 is 1.07 bits per heavy atom. The monoisotopic (exact) mass is 202 g/mol. The van der Waals surface area contributed by atoms with Crippen LogP contribution in [0.2, 0.25) is 0 Å². The van der Waals surface area contributed by atoms with E-state index in [1.807, 2.05) is 13.8 Å². The summed E-state index contributed by atoms with van der Waals surface area (Å²) in [6.07, 6.45) is 1.66. The Labute approximate surface area is 88.0 Å². The molecule has 0 saturated heterocycles. The minimum Gasteiger partial charge on any atom is -0.214 e. The van der Waals surface area contributed by atoms with E-state index in [9.17, 15) is 9.59 Å². The van der Waals surface area contributed by atoms with Crippen LogP contribution in [0.1, 0.15) is 34.6 Å². The second-order valence-electron chi connectivity index (χ2n) is 3.92. The topological polar surface area (TPSA) is 37.1 Å². The predicted molar refractivity (Wildman–Crippen MR) is 56.3 cm³/mol. The molecule has 3 heteroatoms. The highest BCUT2D eigenvalue weighted by molar-refractivity contribution is 6.13. The van der Waals surface area contributed by atoms with Gasteiger partial charge in [0.05, 0.1) is 0 Å². The third-order valence-electron chi connectivity index (χ3n) is 2.27. The normalized spacial score (nSPS) is 14.7. The lowest BCUT2D eigenvalue weighted by atomic mass is 10.1. The van der Waals surface area contributed by atoms with E-state index >= 15 is 0 Å². The molecule has 0 saturated carbocycles. The van der Waals surface area contributed by atoms with E-state index in [2.05, 4.69) is 0 Å². The fourth-order valence-electron chi connectivity index (χ4n) is 1.64. The number of amides is 2. The molecule has 0 radical (unpaired) electrons. The van der Waals surface area contributed by atoms with E-state index in [-0.39, 0.29) is 17.7 Å². The number of hydrogen-bond acceptors (Lipinski definition) is 2. The first kappa shape index (κ1) is 9.77. The fraction of sp³-hybridized carbons (Fsp3) is 0.250. The van der Waals surface area contributed by atoms with Gasteiger partial charge in [-0.1, -0.05) is 30.6 Å². The van der Waals surface area contributed by atoms with Crippen LogP contribution in [0.5, 0.6) is 0 Å². The molecule has 1 aromatic carbocycles. The molecule has 0 aliphatic carbocycles. The van der Waals surface area contributed by atoms with Crippen molar-refractivity contribution >= 4 is 18.0 Å². The number of fused-ring (bicyclic) bond motifs is 1. The minimum absolute atomic E-state index is 0.173. The van der Waals surface area contributed by atoms with Crippen molar-refractivity contribution in [2.45, 2.75) is 13.8 Å². The van der Waals surface area contributed by atoms with Gasteiger partial charge in [0, 0.05) is 5.92 Å². The number of benzene rings is 1. The molecule has 0 bridgehead atoms. The van der Waals surface area contributed by atoms with Crippen LogP contribution in [0.3, 0.4) is 0 Å². The standard InChI is InChI=1S/C12H12NO2/c1-8(2)7-13-11(14)9-5-3-4-6-10(9)12(13)15/h3-8H,1-2H3/q+1.